The highest BCUT2D eigenvalue weighted by atomic mass is 127. The number of nitrogens with two attached hydrogens (primary N) is 1. The monoisotopic (exact) mass is 417 g/mol. The van der Waals surface area contributed by atoms with Gasteiger partial charge in [-0.1, -0.05) is 32.0 Å². The highest BCUT2D eigenvalue weighted by Gasteiger charge is 2.53. The van der Waals surface area contributed by atoms with Crippen molar-refractivity contribution in [1.82, 2.24) is 0 Å². The Morgan fingerprint density at radius 3 is 2.45 bits per heavy atom. The number of ether oxygens (including phenoxy) is 1. The topological polar surface area (TPSA) is 59.6 Å². The van der Waals surface area contributed by atoms with Crippen LogP contribution >= 0.6 is 24.0 Å². The summed E-state index contributed by atoms with van der Waals surface area (Å²) >= 11 is 0. The van der Waals surface area contributed by atoms with Gasteiger partial charge in [0.1, 0.15) is 0 Å². The van der Waals surface area contributed by atoms with Crippen molar-refractivity contribution in [3.05, 3.63) is 30.3 Å². The molecule has 0 spiro atoms. The molecule has 2 unspecified atom stereocenters. The molecular weight excluding hydrogens is 389 g/mol. The van der Waals surface area contributed by atoms with E-state index in [-0.39, 0.29) is 35.4 Å². The third kappa shape index (κ3) is 3.93. The van der Waals surface area contributed by atoms with Gasteiger partial charge in [0.25, 0.3) is 0 Å². The first kappa shape index (κ1) is 19.2. The van der Waals surface area contributed by atoms with Crippen LogP contribution in [-0.4, -0.2) is 24.7 Å². The minimum absolute atomic E-state index is 0. The first-order valence-electron chi connectivity index (χ1n) is 7.93. The van der Waals surface area contributed by atoms with Gasteiger partial charge in [0, 0.05) is 17.7 Å². The molecule has 1 aromatic carbocycles. The molecule has 5 heteroatoms. The molecule has 3 N–H and O–H groups in total. The highest BCUT2D eigenvalue weighted by molar-refractivity contribution is 14.0. The Bertz CT molecular complexity index is 474. The van der Waals surface area contributed by atoms with E-state index >= 15 is 0 Å². The fourth-order valence-corrected chi connectivity index (χ4v) is 3.39. The van der Waals surface area contributed by atoms with Gasteiger partial charge in [0.2, 0.25) is 0 Å². The van der Waals surface area contributed by atoms with E-state index in [0.717, 1.165) is 31.6 Å². The Hall–Kier alpha value is -0.820. The smallest absolute Gasteiger partial charge is 0.193 e. The van der Waals surface area contributed by atoms with Gasteiger partial charge in [-0.25, -0.2) is 4.99 Å². The summed E-state index contributed by atoms with van der Waals surface area (Å²) in [6, 6.07) is 10.2. The van der Waals surface area contributed by atoms with Crippen LogP contribution in [0, 0.1) is 5.41 Å². The van der Waals surface area contributed by atoms with Crippen molar-refractivity contribution in [2.24, 2.45) is 16.1 Å². The third-order valence-electron chi connectivity index (χ3n) is 4.77. The van der Waals surface area contributed by atoms with Gasteiger partial charge in [-0.05, 0) is 38.3 Å². The van der Waals surface area contributed by atoms with Crippen molar-refractivity contribution in [3.63, 3.8) is 0 Å². The lowest BCUT2D eigenvalue weighted by atomic mass is 9.59. The number of benzene rings is 1. The number of hydrogen-bond acceptors (Lipinski definition) is 2. The predicted octanol–water partition coefficient (Wildman–Crippen LogP) is 4.02. The van der Waals surface area contributed by atoms with E-state index in [4.69, 9.17) is 15.5 Å². The van der Waals surface area contributed by atoms with Crippen LogP contribution in [0.25, 0.3) is 0 Å². The quantitative estimate of drug-likeness (QED) is 0.418. The zero-order chi connectivity index (χ0) is 15.3. The molecule has 0 saturated heterocycles. The largest absolute Gasteiger partial charge is 0.378 e. The summed E-state index contributed by atoms with van der Waals surface area (Å²) in [4.78, 5) is 4.71. The second-order valence-electron chi connectivity index (χ2n) is 5.64. The number of hydrogen-bond donors (Lipinski definition) is 2. The Morgan fingerprint density at radius 1 is 1.27 bits per heavy atom. The summed E-state index contributed by atoms with van der Waals surface area (Å²) < 4.78 is 5.88. The number of para-hydroxylation sites is 1. The van der Waals surface area contributed by atoms with Crippen molar-refractivity contribution >= 4 is 35.6 Å². The Balaban J connectivity index is 0.00000242. The normalized spacial score (nSPS) is 23.3. The zero-order valence-electron chi connectivity index (χ0n) is 13.7. The number of guanidine groups is 1. The van der Waals surface area contributed by atoms with Gasteiger partial charge in [0.15, 0.2) is 5.96 Å². The molecule has 1 aromatic rings. The molecule has 4 nitrogen and oxygen atoms in total. The van der Waals surface area contributed by atoms with E-state index < -0.39 is 0 Å². The average molecular weight is 417 g/mol. The standard InChI is InChI=1S/C17H27N3O.HI/c1-4-17(5-2)14(12-15(17)21-6-3)20-16(18)19-13-10-8-7-9-11-13;/h7-11,14-15H,4-6,12H2,1-3H3,(H3,18,19,20);1H. The van der Waals surface area contributed by atoms with Crippen molar-refractivity contribution in [2.75, 3.05) is 11.9 Å². The van der Waals surface area contributed by atoms with Crippen LogP contribution in [0.4, 0.5) is 5.69 Å². The van der Waals surface area contributed by atoms with Gasteiger partial charge in [-0.3, -0.25) is 0 Å². The van der Waals surface area contributed by atoms with Gasteiger partial charge in [-0.2, -0.15) is 0 Å². The second kappa shape index (κ2) is 8.72. The minimum atomic E-state index is 0. The molecule has 1 aliphatic carbocycles. The molecule has 0 amide bonds. The number of rotatable bonds is 6. The van der Waals surface area contributed by atoms with Gasteiger partial charge < -0.3 is 15.8 Å². The molecule has 124 valence electrons. The van der Waals surface area contributed by atoms with Crippen LogP contribution in [0.5, 0.6) is 0 Å². The molecule has 1 aliphatic rings. The molecule has 0 bridgehead atoms. The van der Waals surface area contributed by atoms with Crippen LogP contribution in [0.3, 0.4) is 0 Å². The van der Waals surface area contributed by atoms with Crippen LogP contribution < -0.4 is 11.1 Å². The van der Waals surface area contributed by atoms with Crippen molar-refractivity contribution in [2.45, 2.75) is 52.2 Å². The second-order valence-corrected chi connectivity index (χ2v) is 5.64. The summed E-state index contributed by atoms with van der Waals surface area (Å²) in [6.07, 6.45) is 3.42. The number of anilines is 1. The fourth-order valence-electron chi connectivity index (χ4n) is 3.39. The average Bonchev–Trinajstić information content (AvgIpc) is 2.48. The minimum Gasteiger partial charge on any atom is -0.378 e. The van der Waals surface area contributed by atoms with Crippen LogP contribution in [0.15, 0.2) is 35.3 Å². The van der Waals surface area contributed by atoms with Crippen LogP contribution in [-0.2, 0) is 4.74 Å². The summed E-state index contributed by atoms with van der Waals surface area (Å²) in [5, 5.41) is 3.16. The molecule has 2 atom stereocenters. The first-order chi connectivity index (χ1) is 10.2. The number of nitrogens with one attached hydrogen (secondary N) is 1. The maximum absolute atomic E-state index is 6.06. The molecule has 0 aromatic heterocycles. The summed E-state index contributed by atoms with van der Waals surface area (Å²) in [5.41, 5.74) is 7.17. The molecule has 0 radical (unpaired) electrons. The summed E-state index contributed by atoms with van der Waals surface area (Å²) in [6.45, 7) is 7.26. The molecule has 1 saturated carbocycles. The first-order valence-corrected chi connectivity index (χ1v) is 7.93. The third-order valence-corrected chi connectivity index (χ3v) is 4.77. The lowest BCUT2D eigenvalue weighted by Gasteiger charge is -2.53. The SMILES string of the molecule is CCOC1CC(N=C(N)Nc2ccccc2)C1(CC)CC.I. The maximum atomic E-state index is 6.06. The summed E-state index contributed by atoms with van der Waals surface area (Å²) in [5.74, 6) is 0.493. The Labute approximate surface area is 150 Å². The van der Waals surface area contributed by atoms with E-state index in [2.05, 4.69) is 26.1 Å². The van der Waals surface area contributed by atoms with Crippen molar-refractivity contribution in [1.29, 1.82) is 0 Å². The van der Waals surface area contributed by atoms with Crippen LogP contribution in [0.1, 0.15) is 40.0 Å². The lowest BCUT2D eigenvalue weighted by molar-refractivity contribution is -0.126. The van der Waals surface area contributed by atoms with E-state index in [1.165, 1.54) is 0 Å². The van der Waals surface area contributed by atoms with E-state index in [1.807, 2.05) is 30.3 Å². The van der Waals surface area contributed by atoms with Gasteiger partial charge >= 0.3 is 0 Å². The molecule has 0 aliphatic heterocycles. The van der Waals surface area contributed by atoms with Gasteiger partial charge in [-0.15, -0.1) is 24.0 Å². The Kier molecular flexibility index (Phi) is 7.62. The zero-order valence-corrected chi connectivity index (χ0v) is 16.0. The molecular formula is C17H28IN3O. The molecule has 2 rings (SSSR count). The van der Waals surface area contributed by atoms with E-state index in [0.29, 0.717) is 12.1 Å². The molecule has 1 fully saturated rings. The summed E-state index contributed by atoms with van der Waals surface area (Å²) in [7, 11) is 0. The predicted molar refractivity (Wildman–Crippen MR) is 104 cm³/mol. The number of aliphatic imine (C=N–C) groups is 1. The lowest BCUT2D eigenvalue weighted by Crippen LogP contribution is -2.57. The van der Waals surface area contributed by atoms with Crippen molar-refractivity contribution in [3.8, 4) is 0 Å². The molecule has 0 heterocycles. The number of nitrogens with zero attached hydrogens (tertiary/aromatic N) is 1. The van der Waals surface area contributed by atoms with Crippen molar-refractivity contribution < 1.29 is 4.74 Å². The number of halogens is 1. The Morgan fingerprint density at radius 2 is 1.91 bits per heavy atom. The fraction of sp³-hybridized carbons (Fsp3) is 0.588. The van der Waals surface area contributed by atoms with Crippen LogP contribution in [0.2, 0.25) is 0 Å². The molecule has 22 heavy (non-hydrogen) atoms. The van der Waals surface area contributed by atoms with E-state index in [1.54, 1.807) is 0 Å². The van der Waals surface area contributed by atoms with Gasteiger partial charge in [0.05, 0.1) is 12.1 Å². The van der Waals surface area contributed by atoms with E-state index in [9.17, 15) is 0 Å². The highest BCUT2D eigenvalue weighted by Crippen LogP contribution is 2.50. The maximum Gasteiger partial charge on any atom is 0.193 e.